The molecule has 108 valence electrons. The summed E-state index contributed by atoms with van der Waals surface area (Å²) in [7, 11) is 0.457. The first-order chi connectivity index (χ1) is 9.55. The number of thiazole rings is 1. The summed E-state index contributed by atoms with van der Waals surface area (Å²) in [6.45, 7) is 1.96. The number of halogens is 2. The van der Waals surface area contributed by atoms with Crippen molar-refractivity contribution < 1.29 is 8.60 Å². The van der Waals surface area contributed by atoms with Crippen LogP contribution in [0.3, 0.4) is 0 Å². The molecule has 20 heavy (non-hydrogen) atoms. The molecule has 0 aliphatic heterocycles. The lowest BCUT2D eigenvalue weighted by Crippen LogP contribution is -2.00. The predicted molar refractivity (Wildman–Crippen MR) is 82.6 cm³/mol. The maximum absolute atomic E-state index is 13.7. The van der Waals surface area contributed by atoms with Gasteiger partial charge in [-0.2, -0.15) is 0 Å². The van der Waals surface area contributed by atoms with Gasteiger partial charge in [0.15, 0.2) is 5.13 Å². The van der Waals surface area contributed by atoms with Gasteiger partial charge in [-0.05, 0) is 18.6 Å². The highest BCUT2D eigenvalue weighted by Gasteiger charge is 2.17. The molecule has 0 fully saturated rings. The first-order valence-electron chi connectivity index (χ1n) is 6.05. The minimum absolute atomic E-state index is 0.126. The first kappa shape index (κ1) is 15.4. The average Bonchev–Trinajstić information content (AvgIpc) is 2.85. The zero-order valence-corrected chi connectivity index (χ0v) is 13.5. The fourth-order valence-electron chi connectivity index (χ4n) is 1.69. The van der Waals surface area contributed by atoms with Gasteiger partial charge in [-0.3, -0.25) is 4.21 Å². The number of hydrogen-bond acceptors (Lipinski definition) is 4. The maximum Gasteiger partial charge on any atom is 0.183 e. The van der Waals surface area contributed by atoms with Crippen molar-refractivity contribution in [1.82, 2.24) is 4.98 Å². The molecule has 1 aromatic carbocycles. The lowest BCUT2D eigenvalue weighted by Gasteiger charge is -2.03. The zero-order chi connectivity index (χ0) is 14.7. The van der Waals surface area contributed by atoms with E-state index in [1.807, 2.05) is 6.92 Å². The van der Waals surface area contributed by atoms with Gasteiger partial charge < -0.3 is 5.32 Å². The Morgan fingerprint density at radius 3 is 2.85 bits per heavy atom. The molecule has 0 aliphatic rings. The van der Waals surface area contributed by atoms with Gasteiger partial charge in [0.1, 0.15) is 10.0 Å². The Morgan fingerprint density at radius 2 is 2.25 bits per heavy atom. The van der Waals surface area contributed by atoms with Gasteiger partial charge in [-0.25, -0.2) is 9.37 Å². The summed E-state index contributed by atoms with van der Waals surface area (Å²) in [6.07, 6.45) is 0.697. The van der Waals surface area contributed by atoms with Crippen molar-refractivity contribution in [2.75, 3.05) is 12.4 Å². The summed E-state index contributed by atoms with van der Waals surface area (Å²) >= 11 is 7.06. The Bertz CT molecular complexity index is 645. The van der Waals surface area contributed by atoms with Crippen molar-refractivity contribution in [1.29, 1.82) is 0 Å². The van der Waals surface area contributed by atoms with E-state index in [9.17, 15) is 8.60 Å². The lowest BCUT2D eigenvalue weighted by atomic mass is 10.2. The van der Waals surface area contributed by atoms with E-state index in [0.29, 0.717) is 21.2 Å². The predicted octanol–water partition coefficient (Wildman–Crippen LogP) is 3.85. The summed E-state index contributed by atoms with van der Waals surface area (Å²) in [5.41, 5.74) is 1.20. The zero-order valence-electron chi connectivity index (χ0n) is 11.1. The highest BCUT2D eigenvalue weighted by atomic mass is 35.5. The number of aryl methyl sites for hydroxylation is 1. The monoisotopic (exact) mass is 332 g/mol. The molecule has 1 aromatic heterocycles. The number of nitrogens with one attached hydrogen (secondary N) is 1. The lowest BCUT2D eigenvalue weighted by molar-refractivity contribution is 0.615. The van der Waals surface area contributed by atoms with Crippen LogP contribution in [0, 0.1) is 5.82 Å². The van der Waals surface area contributed by atoms with Crippen LogP contribution in [0.4, 0.5) is 9.52 Å². The third-order valence-electron chi connectivity index (χ3n) is 2.72. The van der Waals surface area contributed by atoms with E-state index in [1.54, 1.807) is 19.2 Å². The Balaban J connectivity index is 2.25. The molecule has 0 amide bonds. The van der Waals surface area contributed by atoms with Crippen LogP contribution in [0.2, 0.25) is 5.02 Å². The molecule has 7 heteroatoms. The number of nitrogens with zero attached hydrogens (tertiary/aromatic N) is 1. The average molecular weight is 333 g/mol. The molecule has 2 rings (SSSR count). The van der Waals surface area contributed by atoms with Crippen molar-refractivity contribution in [3.8, 4) is 0 Å². The van der Waals surface area contributed by atoms with Crippen molar-refractivity contribution in [3.05, 3.63) is 40.3 Å². The van der Waals surface area contributed by atoms with Gasteiger partial charge in [0, 0.05) is 17.6 Å². The number of rotatable bonds is 5. The van der Waals surface area contributed by atoms with Crippen LogP contribution in [0.25, 0.3) is 0 Å². The topological polar surface area (TPSA) is 42.0 Å². The molecule has 0 saturated heterocycles. The fourth-order valence-corrected chi connectivity index (χ4v) is 4.48. The second kappa shape index (κ2) is 6.65. The van der Waals surface area contributed by atoms with E-state index >= 15 is 0 Å². The summed E-state index contributed by atoms with van der Waals surface area (Å²) in [5, 5.41) is 4.00. The number of aromatic nitrogens is 1. The molecule has 0 bridgehead atoms. The molecule has 1 N–H and O–H groups in total. The fraction of sp³-hybridized carbons (Fsp3) is 0.308. The summed E-state index contributed by atoms with van der Waals surface area (Å²) in [6, 6.07) is 4.41. The highest BCUT2D eigenvalue weighted by molar-refractivity contribution is 7.86. The summed E-state index contributed by atoms with van der Waals surface area (Å²) in [4.78, 5) is 4.35. The molecule has 0 radical (unpaired) electrons. The number of hydrogen-bond donors (Lipinski definition) is 1. The van der Waals surface area contributed by atoms with Crippen molar-refractivity contribution in [2.24, 2.45) is 0 Å². The third kappa shape index (κ3) is 3.37. The van der Waals surface area contributed by atoms with Crippen LogP contribution in [0.5, 0.6) is 0 Å². The van der Waals surface area contributed by atoms with Crippen LogP contribution >= 0.6 is 22.9 Å². The molecular formula is C13H14ClFN2OS2. The van der Waals surface area contributed by atoms with Gasteiger partial charge in [0.05, 0.1) is 22.2 Å². The van der Waals surface area contributed by atoms with E-state index in [2.05, 4.69) is 10.3 Å². The smallest absolute Gasteiger partial charge is 0.183 e. The van der Waals surface area contributed by atoms with Crippen molar-refractivity contribution >= 4 is 38.9 Å². The van der Waals surface area contributed by atoms with Crippen LogP contribution in [0.1, 0.15) is 18.2 Å². The second-order valence-corrected chi connectivity index (χ2v) is 7.16. The van der Waals surface area contributed by atoms with Gasteiger partial charge in [-0.15, -0.1) is 0 Å². The van der Waals surface area contributed by atoms with Crippen molar-refractivity contribution in [2.45, 2.75) is 23.3 Å². The normalized spacial score (nSPS) is 12.4. The molecule has 3 nitrogen and oxygen atoms in total. The van der Waals surface area contributed by atoms with E-state index in [4.69, 9.17) is 11.6 Å². The Labute approximate surface area is 128 Å². The molecule has 2 aromatic rings. The Hall–Kier alpha value is -0.980. The van der Waals surface area contributed by atoms with Gasteiger partial charge in [0.2, 0.25) is 0 Å². The first-order valence-corrected chi connectivity index (χ1v) is 8.56. The standard InChI is InChI=1S/C13H14ClFN2OS2/c1-3-11-12(19-13(16-2)17-11)20(18)7-8-4-5-9(14)6-10(8)15/h4-6H,3,7H2,1-2H3,(H,16,17). The highest BCUT2D eigenvalue weighted by Crippen LogP contribution is 2.28. The maximum atomic E-state index is 13.7. The largest absolute Gasteiger partial charge is 0.365 e. The van der Waals surface area contributed by atoms with Crippen LogP contribution in [-0.2, 0) is 23.0 Å². The Morgan fingerprint density at radius 1 is 1.50 bits per heavy atom. The van der Waals surface area contributed by atoms with Crippen molar-refractivity contribution in [3.63, 3.8) is 0 Å². The number of benzene rings is 1. The molecule has 1 heterocycles. The van der Waals surface area contributed by atoms with Crippen LogP contribution in [-0.4, -0.2) is 16.2 Å². The van der Waals surface area contributed by atoms with Crippen LogP contribution < -0.4 is 5.32 Å². The summed E-state index contributed by atoms with van der Waals surface area (Å²) in [5.74, 6) is -0.302. The van der Waals surface area contributed by atoms with Gasteiger partial charge >= 0.3 is 0 Å². The second-order valence-electron chi connectivity index (χ2n) is 4.08. The van der Waals surface area contributed by atoms with E-state index < -0.39 is 16.6 Å². The molecule has 1 unspecified atom stereocenters. The van der Waals surface area contributed by atoms with E-state index in [1.165, 1.54) is 17.4 Å². The Kier molecular flexibility index (Phi) is 5.12. The van der Waals surface area contributed by atoms with E-state index in [-0.39, 0.29) is 5.75 Å². The molecule has 0 spiro atoms. The van der Waals surface area contributed by atoms with Gasteiger partial charge in [-0.1, -0.05) is 35.9 Å². The minimum Gasteiger partial charge on any atom is -0.365 e. The van der Waals surface area contributed by atoms with Crippen LogP contribution in [0.15, 0.2) is 22.4 Å². The molecule has 0 aliphatic carbocycles. The molecule has 1 atom stereocenters. The molecular weight excluding hydrogens is 319 g/mol. The quantitative estimate of drug-likeness (QED) is 0.904. The molecule has 0 saturated carbocycles. The summed E-state index contributed by atoms with van der Waals surface area (Å²) < 4.78 is 26.9. The van der Waals surface area contributed by atoms with Gasteiger partial charge in [0.25, 0.3) is 0 Å². The van der Waals surface area contributed by atoms with E-state index in [0.717, 1.165) is 10.8 Å². The SMILES string of the molecule is CCc1nc(NC)sc1S(=O)Cc1ccc(Cl)cc1F. The minimum atomic E-state index is -1.31. The third-order valence-corrected chi connectivity index (χ3v) is 5.89. The number of anilines is 1.